The molecular weight excluding hydrogens is 481 g/mol. The van der Waals surface area contributed by atoms with Crippen LogP contribution in [0.1, 0.15) is 79.8 Å². The van der Waals surface area contributed by atoms with Gasteiger partial charge in [0, 0.05) is 17.1 Å². The molecule has 0 radical (unpaired) electrons. The first kappa shape index (κ1) is 26.4. The molecule has 1 aliphatic heterocycles. The Morgan fingerprint density at radius 2 is 1.18 bits per heavy atom. The van der Waals surface area contributed by atoms with Crippen molar-refractivity contribution in [2.45, 2.75) is 59.2 Å². The van der Waals surface area contributed by atoms with Crippen LogP contribution < -0.4 is 10.3 Å². The van der Waals surface area contributed by atoms with Gasteiger partial charge in [0.05, 0.1) is 0 Å². The van der Waals surface area contributed by atoms with Crippen LogP contribution in [0.15, 0.2) is 103 Å². The maximum atomic E-state index is 2.60. The lowest BCUT2D eigenvalue weighted by atomic mass is 9.38. The van der Waals surface area contributed by atoms with Crippen molar-refractivity contribution in [2.24, 2.45) is 0 Å². The van der Waals surface area contributed by atoms with Crippen LogP contribution in [0.3, 0.4) is 0 Å². The molecule has 1 aliphatic carbocycles. The molecule has 2 aliphatic rings. The smallest absolute Gasteiger partial charge is 0.301 e. The van der Waals surface area contributed by atoms with Crippen LogP contribution in [0.5, 0.6) is 0 Å². The molecule has 0 saturated heterocycles. The third-order valence-electron chi connectivity index (χ3n) is 9.16. The van der Waals surface area contributed by atoms with Crippen LogP contribution >= 0.6 is 0 Å². The fraction of sp³-hybridized carbons (Fsp3) is 0.263. The monoisotopic (exact) mass is 521 g/mol. The van der Waals surface area contributed by atoms with Gasteiger partial charge in [0.15, 0.2) is 0 Å². The second-order valence-corrected chi connectivity index (χ2v) is 12.2. The highest BCUT2D eigenvalue weighted by atomic mass is 15.1. The number of allylic oxidation sites excluding steroid dienone is 4. The van der Waals surface area contributed by atoms with E-state index < -0.39 is 0 Å². The fourth-order valence-corrected chi connectivity index (χ4v) is 7.43. The lowest BCUT2D eigenvalue weighted by molar-refractivity contribution is 0.843. The molecule has 4 aromatic carbocycles. The maximum Gasteiger partial charge on any atom is 0.301 e. The number of nitrogens with zero attached hydrogens (tertiary/aromatic N) is 1. The van der Waals surface area contributed by atoms with Gasteiger partial charge in [-0.05, 0) is 94.4 Å². The summed E-state index contributed by atoms with van der Waals surface area (Å²) < 4.78 is 0. The van der Waals surface area contributed by atoms with Crippen molar-refractivity contribution in [1.82, 2.24) is 0 Å². The molecule has 0 spiro atoms. The minimum absolute atomic E-state index is 0.187. The Balaban J connectivity index is 1.76. The molecule has 0 amide bonds. The van der Waals surface area contributed by atoms with Crippen molar-refractivity contribution in [1.29, 1.82) is 0 Å². The fourth-order valence-electron chi connectivity index (χ4n) is 7.43. The lowest BCUT2D eigenvalue weighted by Gasteiger charge is -2.43. The Kier molecular flexibility index (Phi) is 6.82. The number of aryl methyl sites for hydroxylation is 1. The largest absolute Gasteiger partial charge is 0.412 e. The van der Waals surface area contributed by atoms with E-state index in [9.17, 15) is 0 Å². The molecule has 6 rings (SSSR count). The Morgan fingerprint density at radius 3 is 1.75 bits per heavy atom. The number of benzene rings is 4. The standard InChI is InChI=1S/C38H40BN/c1-24(2)30-21-15-22-31(25(3)4)37(30)39-38-35(33-26(5)16-14-23-32(33)40(39)7)27(6)34(28-17-10-8-11-18-28)36(38)29-19-12-9-13-20-29/h8-25,38H,1-7H3. The van der Waals surface area contributed by atoms with Crippen molar-refractivity contribution in [3.8, 4) is 0 Å². The number of hydrogen-bond acceptors (Lipinski definition) is 1. The van der Waals surface area contributed by atoms with Gasteiger partial charge in [-0.15, -0.1) is 0 Å². The number of anilines is 1. The third kappa shape index (κ3) is 4.08. The molecule has 200 valence electrons. The molecule has 40 heavy (non-hydrogen) atoms. The minimum atomic E-state index is 0.187. The van der Waals surface area contributed by atoms with Crippen LogP contribution in [-0.4, -0.2) is 13.9 Å². The quantitative estimate of drug-likeness (QED) is 0.237. The SMILES string of the molecule is CC1=C2c3c(C)cccc3N(C)B(c3c(C(C)C)cccc3C(C)C)C2C(c2ccccc2)=C1c1ccccc1. The lowest BCUT2D eigenvalue weighted by Crippen LogP contribution is -2.55. The van der Waals surface area contributed by atoms with Gasteiger partial charge >= 0.3 is 6.85 Å². The first-order chi connectivity index (χ1) is 19.3. The van der Waals surface area contributed by atoms with Gasteiger partial charge in [-0.3, -0.25) is 0 Å². The number of rotatable bonds is 5. The van der Waals surface area contributed by atoms with Crippen LogP contribution in [0.25, 0.3) is 16.7 Å². The summed E-state index contributed by atoms with van der Waals surface area (Å²) in [5, 5.41) is 0. The van der Waals surface area contributed by atoms with Crippen LogP contribution in [-0.2, 0) is 0 Å². The molecule has 1 heterocycles. The topological polar surface area (TPSA) is 3.24 Å². The number of hydrogen-bond donors (Lipinski definition) is 0. The second kappa shape index (κ2) is 10.3. The summed E-state index contributed by atoms with van der Waals surface area (Å²) in [4.78, 5) is 2.60. The van der Waals surface area contributed by atoms with Crippen LogP contribution in [0.2, 0.25) is 5.82 Å². The molecular formula is C38H40BN. The maximum absolute atomic E-state index is 2.60. The van der Waals surface area contributed by atoms with Gasteiger partial charge in [-0.1, -0.05) is 119 Å². The van der Waals surface area contributed by atoms with Crippen molar-refractivity contribution >= 4 is 34.7 Å². The Morgan fingerprint density at radius 1 is 0.625 bits per heavy atom. The first-order valence-corrected chi connectivity index (χ1v) is 14.8. The van der Waals surface area contributed by atoms with E-state index in [2.05, 4.69) is 150 Å². The van der Waals surface area contributed by atoms with E-state index >= 15 is 0 Å². The zero-order chi connectivity index (χ0) is 28.1. The van der Waals surface area contributed by atoms with E-state index in [0.717, 1.165) is 0 Å². The average molecular weight is 522 g/mol. The van der Waals surface area contributed by atoms with Crippen molar-refractivity contribution in [3.05, 3.63) is 136 Å². The normalized spacial score (nSPS) is 16.8. The Labute approximate surface area is 241 Å². The predicted molar refractivity (Wildman–Crippen MR) is 176 cm³/mol. The predicted octanol–water partition coefficient (Wildman–Crippen LogP) is 9.36. The Bertz CT molecular complexity index is 1600. The molecule has 0 aromatic heterocycles. The Hall–Kier alpha value is -3.78. The molecule has 0 fully saturated rings. The van der Waals surface area contributed by atoms with Crippen molar-refractivity contribution < 1.29 is 0 Å². The van der Waals surface area contributed by atoms with E-state index in [0.29, 0.717) is 11.8 Å². The highest BCUT2D eigenvalue weighted by Gasteiger charge is 2.49. The van der Waals surface area contributed by atoms with Gasteiger partial charge in [0.25, 0.3) is 0 Å². The van der Waals surface area contributed by atoms with E-state index in [1.165, 1.54) is 66.8 Å². The zero-order valence-corrected chi connectivity index (χ0v) is 25.0. The molecule has 4 aromatic rings. The van der Waals surface area contributed by atoms with E-state index in [1.807, 2.05) is 0 Å². The van der Waals surface area contributed by atoms with Crippen molar-refractivity contribution in [2.75, 3.05) is 11.9 Å². The first-order valence-electron chi connectivity index (χ1n) is 14.8. The molecule has 2 heteroatoms. The molecule has 1 atom stereocenters. The molecule has 0 N–H and O–H groups in total. The van der Waals surface area contributed by atoms with Gasteiger partial charge in [0.1, 0.15) is 0 Å². The molecule has 1 nitrogen and oxygen atoms in total. The summed E-state index contributed by atoms with van der Waals surface area (Å²) in [6.07, 6.45) is 0. The summed E-state index contributed by atoms with van der Waals surface area (Å²) in [6.45, 7) is 14.2. The summed E-state index contributed by atoms with van der Waals surface area (Å²) in [6, 6.07) is 36.1. The second-order valence-electron chi connectivity index (χ2n) is 12.2. The van der Waals surface area contributed by atoms with Gasteiger partial charge in [-0.25, -0.2) is 0 Å². The summed E-state index contributed by atoms with van der Waals surface area (Å²) in [5.74, 6) is 1.09. The molecule has 1 unspecified atom stereocenters. The summed E-state index contributed by atoms with van der Waals surface area (Å²) in [5.41, 5.74) is 17.0. The molecule has 0 saturated carbocycles. The summed E-state index contributed by atoms with van der Waals surface area (Å²) >= 11 is 0. The zero-order valence-electron chi connectivity index (χ0n) is 25.0. The van der Waals surface area contributed by atoms with E-state index in [4.69, 9.17) is 0 Å². The minimum Gasteiger partial charge on any atom is -0.412 e. The van der Waals surface area contributed by atoms with Crippen LogP contribution in [0.4, 0.5) is 5.69 Å². The summed E-state index contributed by atoms with van der Waals surface area (Å²) in [7, 11) is 2.33. The average Bonchev–Trinajstić information content (AvgIpc) is 3.26. The highest BCUT2D eigenvalue weighted by molar-refractivity contribution is 6.83. The third-order valence-corrected chi connectivity index (χ3v) is 9.16. The van der Waals surface area contributed by atoms with Gasteiger partial charge < -0.3 is 4.81 Å². The highest BCUT2D eigenvalue weighted by Crippen LogP contribution is 2.60. The number of fused-ring (bicyclic) bond motifs is 3. The van der Waals surface area contributed by atoms with E-state index in [1.54, 1.807) is 0 Å². The van der Waals surface area contributed by atoms with Gasteiger partial charge in [0.2, 0.25) is 0 Å². The molecule has 0 bridgehead atoms. The van der Waals surface area contributed by atoms with E-state index in [-0.39, 0.29) is 12.7 Å². The van der Waals surface area contributed by atoms with Crippen LogP contribution in [0, 0.1) is 6.92 Å². The van der Waals surface area contributed by atoms with Gasteiger partial charge in [-0.2, -0.15) is 0 Å². The van der Waals surface area contributed by atoms with Crippen molar-refractivity contribution in [3.63, 3.8) is 0 Å².